The van der Waals surface area contributed by atoms with Crippen LogP contribution in [-0.2, 0) is 4.74 Å². The van der Waals surface area contributed by atoms with Gasteiger partial charge in [-0.15, -0.1) is 0 Å². The third kappa shape index (κ3) is 5.83. The van der Waals surface area contributed by atoms with E-state index in [9.17, 15) is 0 Å². The molecule has 1 N–H and O–H groups in total. The van der Waals surface area contributed by atoms with Gasteiger partial charge in [-0.25, -0.2) is 0 Å². The minimum Gasteiger partial charge on any atom is -0.378 e. The summed E-state index contributed by atoms with van der Waals surface area (Å²) in [7, 11) is 0. The number of nitrogens with one attached hydrogen (secondary N) is 1. The Kier molecular flexibility index (Phi) is 7.81. The molecule has 0 amide bonds. The van der Waals surface area contributed by atoms with Crippen molar-refractivity contribution in [3.63, 3.8) is 0 Å². The van der Waals surface area contributed by atoms with Crippen LogP contribution in [0.1, 0.15) is 39.5 Å². The van der Waals surface area contributed by atoms with Crippen LogP contribution in [0.15, 0.2) is 0 Å². The van der Waals surface area contributed by atoms with Gasteiger partial charge < -0.3 is 15.0 Å². The van der Waals surface area contributed by atoms with Crippen molar-refractivity contribution in [2.75, 3.05) is 39.4 Å². The zero-order valence-electron chi connectivity index (χ0n) is 11.0. The van der Waals surface area contributed by atoms with E-state index in [1.165, 1.54) is 38.8 Å². The summed E-state index contributed by atoms with van der Waals surface area (Å²) in [5.41, 5.74) is 0. The molecular weight excluding hydrogens is 200 g/mol. The van der Waals surface area contributed by atoms with Gasteiger partial charge in [0, 0.05) is 19.1 Å². The Bertz CT molecular complexity index is 150. The molecule has 3 heteroatoms. The fraction of sp³-hybridized carbons (Fsp3) is 1.00. The molecule has 0 aliphatic carbocycles. The quantitative estimate of drug-likeness (QED) is 0.686. The number of rotatable bonds is 8. The van der Waals surface area contributed by atoms with Crippen LogP contribution in [0.2, 0.25) is 0 Å². The third-order valence-electron chi connectivity index (χ3n) is 3.13. The van der Waals surface area contributed by atoms with Crippen molar-refractivity contribution in [2.24, 2.45) is 0 Å². The van der Waals surface area contributed by atoms with Gasteiger partial charge in [-0.2, -0.15) is 0 Å². The van der Waals surface area contributed by atoms with E-state index in [0.717, 1.165) is 26.3 Å². The average Bonchev–Trinajstić information content (AvgIpc) is 2.34. The lowest BCUT2D eigenvalue weighted by Gasteiger charge is -2.30. The standard InChI is InChI=1S/C13H28N2O/c1-3-5-8-15(9-6-4-2)11-13-12-16-10-7-14-13/h13-14H,3-12H2,1-2H3. The van der Waals surface area contributed by atoms with Gasteiger partial charge in [-0.05, 0) is 25.9 Å². The zero-order chi connectivity index (χ0) is 11.6. The highest BCUT2D eigenvalue weighted by atomic mass is 16.5. The van der Waals surface area contributed by atoms with Crippen molar-refractivity contribution in [1.29, 1.82) is 0 Å². The number of nitrogens with zero attached hydrogens (tertiary/aromatic N) is 1. The predicted molar refractivity (Wildman–Crippen MR) is 68.9 cm³/mol. The number of hydrogen-bond donors (Lipinski definition) is 1. The Hall–Kier alpha value is -0.120. The highest BCUT2D eigenvalue weighted by Gasteiger charge is 2.16. The molecule has 0 saturated carbocycles. The van der Waals surface area contributed by atoms with Crippen molar-refractivity contribution >= 4 is 0 Å². The summed E-state index contributed by atoms with van der Waals surface area (Å²) >= 11 is 0. The Morgan fingerprint density at radius 2 is 1.88 bits per heavy atom. The monoisotopic (exact) mass is 228 g/mol. The van der Waals surface area contributed by atoms with Gasteiger partial charge in [0.05, 0.1) is 13.2 Å². The van der Waals surface area contributed by atoms with E-state index >= 15 is 0 Å². The predicted octanol–water partition coefficient (Wildman–Crippen LogP) is 1.88. The Morgan fingerprint density at radius 3 is 2.38 bits per heavy atom. The van der Waals surface area contributed by atoms with Crippen molar-refractivity contribution in [2.45, 2.75) is 45.6 Å². The maximum Gasteiger partial charge on any atom is 0.0632 e. The molecule has 0 radical (unpaired) electrons. The lowest BCUT2D eigenvalue weighted by molar-refractivity contribution is 0.0614. The van der Waals surface area contributed by atoms with Gasteiger partial charge in [-0.3, -0.25) is 0 Å². The zero-order valence-corrected chi connectivity index (χ0v) is 11.0. The molecule has 1 heterocycles. The van der Waals surface area contributed by atoms with E-state index in [-0.39, 0.29) is 0 Å². The number of hydrogen-bond acceptors (Lipinski definition) is 3. The largest absolute Gasteiger partial charge is 0.378 e. The van der Waals surface area contributed by atoms with Crippen LogP contribution in [0.3, 0.4) is 0 Å². The summed E-state index contributed by atoms with van der Waals surface area (Å²) in [5.74, 6) is 0. The van der Waals surface area contributed by atoms with Gasteiger partial charge in [0.1, 0.15) is 0 Å². The lowest BCUT2D eigenvalue weighted by atomic mass is 10.2. The van der Waals surface area contributed by atoms with Gasteiger partial charge in [0.2, 0.25) is 0 Å². The van der Waals surface area contributed by atoms with Crippen LogP contribution in [0.5, 0.6) is 0 Å². The van der Waals surface area contributed by atoms with Crippen LogP contribution in [0.4, 0.5) is 0 Å². The Balaban J connectivity index is 2.23. The second-order valence-corrected chi connectivity index (χ2v) is 4.73. The molecule has 1 aliphatic rings. The maximum absolute atomic E-state index is 5.50. The molecule has 1 saturated heterocycles. The van der Waals surface area contributed by atoms with Crippen molar-refractivity contribution in [3.8, 4) is 0 Å². The van der Waals surface area contributed by atoms with Gasteiger partial charge in [0.25, 0.3) is 0 Å². The highest BCUT2D eigenvalue weighted by molar-refractivity contribution is 4.74. The first-order chi connectivity index (χ1) is 7.86. The number of morpholine rings is 1. The number of unbranched alkanes of at least 4 members (excludes halogenated alkanes) is 2. The minimum absolute atomic E-state index is 0.544. The minimum atomic E-state index is 0.544. The fourth-order valence-electron chi connectivity index (χ4n) is 2.11. The summed E-state index contributed by atoms with van der Waals surface area (Å²) in [6, 6.07) is 0.544. The molecule has 0 spiro atoms. The Labute approximate surface area is 101 Å². The van der Waals surface area contributed by atoms with Crippen LogP contribution < -0.4 is 5.32 Å². The number of ether oxygens (including phenoxy) is 1. The molecule has 0 aromatic rings. The Morgan fingerprint density at radius 1 is 1.19 bits per heavy atom. The second kappa shape index (κ2) is 8.97. The smallest absolute Gasteiger partial charge is 0.0632 e. The van der Waals surface area contributed by atoms with E-state index in [0.29, 0.717) is 6.04 Å². The van der Waals surface area contributed by atoms with E-state index in [1.54, 1.807) is 0 Å². The maximum atomic E-state index is 5.50. The summed E-state index contributed by atoms with van der Waals surface area (Å²) in [4.78, 5) is 2.60. The van der Waals surface area contributed by atoms with E-state index in [2.05, 4.69) is 24.1 Å². The van der Waals surface area contributed by atoms with Crippen LogP contribution in [0.25, 0.3) is 0 Å². The molecule has 1 atom stereocenters. The third-order valence-corrected chi connectivity index (χ3v) is 3.13. The normalized spacial score (nSPS) is 21.6. The fourth-order valence-corrected chi connectivity index (χ4v) is 2.11. The first-order valence-corrected chi connectivity index (χ1v) is 6.90. The SMILES string of the molecule is CCCCN(CCCC)CC1COCCN1. The van der Waals surface area contributed by atoms with E-state index < -0.39 is 0 Å². The lowest BCUT2D eigenvalue weighted by Crippen LogP contribution is -2.48. The van der Waals surface area contributed by atoms with Crippen molar-refractivity contribution in [1.82, 2.24) is 10.2 Å². The molecule has 1 aliphatic heterocycles. The van der Waals surface area contributed by atoms with Crippen LogP contribution >= 0.6 is 0 Å². The summed E-state index contributed by atoms with van der Waals surface area (Å²) in [6.07, 6.45) is 5.21. The molecule has 96 valence electrons. The molecule has 0 aromatic carbocycles. The summed E-state index contributed by atoms with van der Waals surface area (Å²) < 4.78 is 5.50. The van der Waals surface area contributed by atoms with E-state index in [4.69, 9.17) is 4.74 Å². The molecule has 1 fully saturated rings. The van der Waals surface area contributed by atoms with Crippen molar-refractivity contribution in [3.05, 3.63) is 0 Å². The topological polar surface area (TPSA) is 24.5 Å². The first kappa shape index (κ1) is 13.9. The van der Waals surface area contributed by atoms with Crippen molar-refractivity contribution < 1.29 is 4.74 Å². The average molecular weight is 228 g/mol. The van der Waals surface area contributed by atoms with Crippen LogP contribution in [0, 0.1) is 0 Å². The second-order valence-electron chi connectivity index (χ2n) is 4.73. The van der Waals surface area contributed by atoms with Gasteiger partial charge in [-0.1, -0.05) is 26.7 Å². The van der Waals surface area contributed by atoms with Gasteiger partial charge >= 0.3 is 0 Å². The van der Waals surface area contributed by atoms with E-state index in [1.807, 2.05) is 0 Å². The first-order valence-electron chi connectivity index (χ1n) is 6.90. The molecular formula is C13H28N2O. The van der Waals surface area contributed by atoms with Crippen LogP contribution in [-0.4, -0.2) is 50.3 Å². The summed E-state index contributed by atoms with van der Waals surface area (Å²) in [6.45, 7) is 10.9. The molecule has 1 unspecified atom stereocenters. The molecule has 16 heavy (non-hydrogen) atoms. The molecule has 0 bridgehead atoms. The molecule has 0 aromatic heterocycles. The molecule has 1 rings (SSSR count). The molecule has 3 nitrogen and oxygen atoms in total. The highest BCUT2D eigenvalue weighted by Crippen LogP contribution is 2.03. The summed E-state index contributed by atoms with van der Waals surface area (Å²) in [5, 5.41) is 3.54. The van der Waals surface area contributed by atoms with Gasteiger partial charge in [0.15, 0.2) is 0 Å².